The van der Waals surface area contributed by atoms with E-state index in [0.717, 1.165) is 5.56 Å². The zero-order valence-electron chi connectivity index (χ0n) is 29.0. The van der Waals surface area contributed by atoms with Gasteiger partial charge in [0, 0.05) is 19.4 Å². The van der Waals surface area contributed by atoms with Gasteiger partial charge in [-0.3, -0.25) is 19.2 Å². The number of carbonyl (C=O) groups excluding carboxylic acids is 4. The molecule has 1 aliphatic rings. The summed E-state index contributed by atoms with van der Waals surface area (Å²) in [5, 5.41) is 40.5. The molecule has 7 N–H and O–H groups in total. The minimum absolute atomic E-state index is 0.00664. The molecular formula is C38H47N5O8. The lowest BCUT2D eigenvalue weighted by molar-refractivity contribution is -0.144. The van der Waals surface area contributed by atoms with Crippen LogP contribution in [-0.4, -0.2) is 93.6 Å². The third-order valence-corrected chi connectivity index (χ3v) is 9.02. The van der Waals surface area contributed by atoms with E-state index in [1.165, 1.54) is 29.2 Å². The van der Waals surface area contributed by atoms with Crippen LogP contribution in [0.15, 0.2) is 78.9 Å². The number of likely N-dealkylation sites (tertiary alicyclic amines) is 1. The van der Waals surface area contributed by atoms with Crippen LogP contribution in [-0.2, 0) is 43.2 Å². The van der Waals surface area contributed by atoms with Crippen molar-refractivity contribution in [2.75, 3.05) is 13.6 Å². The highest BCUT2D eigenvalue weighted by atomic mass is 16.4. The number of carbonyl (C=O) groups is 5. The molecule has 13 heteroatoms. The van der Waals surface area contributed by atoms with E-state index in [4.69, 9.17) is 0 Å². The number of hydrogen-bond donors (Lipinski definition) is 7. The molecule has 0 saturated carbocycles. The fourth-order valence-corrected chi connectivity index (χ4v) is 6.11. The van der Waals surface area contributed by atoms with E-state index in [0.29, 0.717) is 30.4 Å². The van der Waals surface area contributed by atoms with Gasteiger partial charge in [-0.25, -0.2) is 4.79 Å². The van der Waals surface area contributed by atoms with Crippen molar-refractivity contribution in [3.8, 4) is 11.5 Å². The lowest BCUT2D eigenvalue weighted by atomic mass is 10.00. The summed E-state index contributed by atoms with van der Waals surface area (Å²) in [6, 6.07) is 16.4. The molecule has 1 fully saturated rings. The van der Waals surface area contributed by atoms with Crippen LogP contribution >= 0.6 is 0 Å². The number of carboxylic acid groups (broad SMARTS) is 1. The van der Waals surface area contributed by atoms with Gasteiger partial charge in [0.1, 0.15) is 35.7 Å². The molecule has 272 valence electrons. The molecule has 0 bridgehead atoms. The summed E-state index contributed by atoms with van der Waals surface area (Å²) in [4.78, 5) is 68.5. The van der Waals surface area contributed by atoms with Gasteiger partial charge in [0.05, 0.1) is 6.04 Å². The monoisotopic (exact) mass is 701 g/mol. The molecule has 0 radical (unpaired) electrons. The first-order chi connectivity index (χ1) is 24.4. The molecule has 13 nitrogen and oxygen atoms in total. The number of hydrogen-bond acceptors (Lipinski definition) is 8. The number of nitrogens with one attached hydrogen (secondary N) is 4. The average Bonchev–Trinajstić information content (AvgIpc) is 3.61. The second-order valence-corrected chi connectivity index (χ2v) is 13.2. The Hall–Kier alpha value is -5.43. The topological polar surface area (TPSA) is 197 Å². The summed E-state index contributed by atoms with van der Waals surface area (Å²) in [6.07, 6.45) is 1.19. The lowest BCUT2D eigenvalue weighted by Gasteiger charge is -2.32. The maximum absolute atomic E-state index is 14.0. The number of phenolic OH excluding ortho intramolecular Hbond substituents is 2. The fraction of sp³-hybridized carbons (Fsp3) is 0.395. The third-order valence-electron chi connectivity index (χ3n) is 9.02. The summed E-state index contributed by atoms with van der Waals surface area (Å²) < 4.78 is 0. The minimum Gasteiger partial charge on any atom is -0.508 e. The number of rotatable bonds is 16. The van der Waals surface area contributed by atoms with E-state index < -0.39 is 59.8 Å². The first kappa shape index (κ1) is 38.4. The van der Waals surface area contributed by atoms with Crippen molar-refractivity contribution in [3.05, 3.63) is 95.6 Å². The van der Waals surface area contributed by atoms with Crippen molar-refractivity contribution in [2.45, 2.75) is 76.2 Å². The Balaban J connectivity index is 1.49. The van der Waals surface area contributed by atoms with E-state index in [2.05, 4.69) is 21.3 Å². The van der Waals surface area contributed by atoms with Crippen LogP contribution in [0.3, 0.4) is 0 Å². The maximum Gasteiger partial charge on any atom is 0.326 e. The van der Waals surface area contributed by atoms with E-state index >= 15 is 0 Å². The zero-order chi connectivity index (χ0) is 37.1. The predicted octanol–water partition coefficient (Wildman–Crippen LogP) is 1.90. The molecule has 0 aromatic heterocycles. The van der Waals surface area contributed by atoms with Crippen LogP contribution in [0.1, 0.15) is 43.4 Å². The number of aliphatic carboxylic acids is 1. The van der Waals surface area contributed by atoms with Crippen LogP contribution in [0.4, 0.5) is 0 Å². The van der Waals surface area contributed by atoms with Gasteiger partial charge in [-0.2, -0.15) is 0 Å². The molecule has 1 heterocycles. The summed E-state index contributed by atoms with van der Waals surface area (Å²) in [5.41, 5.74) is 2.13. The van der Waals surface area contributed by atoms with E-state index in [-0.39, 0.29) is 36.8 Å². The van der Waals surface area contributed by atoms with Gasteiger partial charge in [-0.05, 0) is 73.2 Å². The fourth-order valence-electron chi connectivity index (χ4n) is 6.11. The third kappa shape index (κ3) is 10.8. The van der Waals surface area contributed by atoms with Crippen molar-refractivity contribution >= 4 is 29.6 Å². The van der Waals surface area contributed by atoms with Gasteiger partial charge in [0.2, 0.25) is 23.6 Å². The number of benzene rings is 3. The molecular weight excluding hydrogens is 654 g/mol. The Labute approximate surface area is 297 Å². The second kappa shape index (κ2) is 18.0. The van der Waals surface area contributed by atoms with E-state index in [1.807, 2.05) is 0 Å². The molecule has 0 aliphatic carbocycles. The highest BCUT2D eigenvalue weighted by Crippen LogP contribution is 2.22. The zero-order valence-corrected chi connectivity index (χ0v) is 29.0. The van der Waals surface area contributed by atoms with Gasteiger partial charge in [0.15, 0.2) is 0 Å². The molecule has 1 saturated heterocycles. The first-order valence-electron chi connectivity index (χ1n) is 17.1. The molecule has 0 unspecified atom stereocenters. The Kier molecular flexibility index (Phi) is 13.5. The van der Waals surface area contributed by atoms with Crippen LogP contribution in [0.25, 0.3) is 0 Å². The van der Waals surface area contributed by atoms with Crippen molar-refractivity contribution in [1.82, 2.24) is 26.2 Å². The number of carboxylic acids is 1. The van der Waals surface area contributed by atoms with Gasteiger partial charge < -0.3 is 41.5 Å². The van der Waals surface area contributed by atoms with Crippen LogP contribution in [0.5, 0.6) is 11.5 Å². The number of nitrogens with zero attached hydrogens (tertiary/aromatic N) is 1. The quantitative estimate of drug-likeness (QED) is 0.117. The SMILES string of the molecule is CN[C@@H](Cc1ccc(O)cc1)C(=O)N[C@H](C(=O)N1CCC[C@H]1C(=O)N[C@@H](Cc1ccc(O)cc1)C(=O)N[C@@H](Cc1ccccc1)C(=O)O)C(C)C. The molecule has 3 aromatic rings. The molecule has 51 heavy (non-hydrogen) atoms. The van der Waals surface area contributed by atoms with E-state index in [1.54, 1.807) is 75.5 Å². The Bertz CT molecular complexity index is 1650. The molecule has 4 rings (SSSR count). The normalized spacial score (nSPS) is 16.5. The number of amides is 4. The first-order valence-corrected chi connectivity index (χ1v) is 17.1. The maximum atomic E-state index is 14.0. The van der Waals surface area contributed by atoms with Gasteiger partial charge in [0.25, 0.3) is 0 Å². The van der Waals surface area contributed by atoms with Crippen molar-refractivity contribution in [3.63, 3.8) is 0 Å². The van der Waals surface area contributed by atoms with Gasteiger partial charge in [-0.15, -0.1) is 0 Å². The molecule has 0 spiro atoms. The molecule has 5 atom stereocenters. The van der Waals surface area contributed by atoms with Crippen molar-refractivity contribution < 1.29 is 39.3 Å². The number of phenols is 2. The van der Waals surface area contributed by atoms with Crippen LogP contribution < -0.4 is 21.3 Å². The lowest BCUT2D eigenvalue weighted by Crippen LogP contribution is -2.59. The predicted molar refractivity (Wildman–Crippen MR) is 190 cm³/mol. The Morgan fingerprint density at radius 3 is 1.75 bits per heavy atom. The molecule has 3 aromatic carbocycles. The summed E-state index contributed by atoms with van der Waals surface area (Å²) in [6.45, 7) is 3.87. The summed E-state index contributed by atoms with van der Waals surface area (Å²) >= 11 is 0. The second-order valence-electron chi connectivity index (χ2n) is 13.2. The molecule has 4 amide bonds. The Morgan fingerprint density at radius 1 is 0.706 bits per heavy atom. The largest absolute Gasteiger partial charge is 0.508 e. The summed E-state index contributed by atoms with van der Waals surface area (Å²) in [5.74, 6) is -3.54. The molecule has 1 aliphatic heterocycles. The van der Waals surface area contributed by atoms with Crippen LogP contribution in [0, 0.1) is 5.92 Å². The summed E-state index contributed by atoms with van der Waals surface area (Å²) in [7, 11) is 1.64. The number of likely N-dealkylation sites (N-methyl/N-ethyl adjacent to an activating group) is 1. The average molecular weight is 702 g/mol. The Morgan fingerprint density at radius 2 is 1.22 bits per heavy atom. The van der Waals surface area contributed by atoms with Crippen molar-refractivity contribution in [1.29, 1.82) is 0 Å². The highest BCUT2D eigenvalue weighted by Gasteiger charge is 2.40. The van der Waals surface area contributed by atoms with Gasteiger partial charge in [-0.1, -0.05) is 68.4 Å². The highest BCUT2D eigenvalue weighted by molar-refractivity contribution is 5.96. The number of aromatic hydroxyl groups is 2. The standard InChI is InChI=1S/C38H47N5O8/c1-23(2)33(42-34(46)29(39-3)20-25-11-15-27(44)16-12-25)37(49)43-19-7-10-32(43)36(48)40-30(21-26-13-17-28(45)18-14-26)35(47)41-31(38(50)51)22-24-8-5-4-6-9-24/h4-6,8-9,11-18,23,29-33,39,44-45H,7,10,19-22H2,1-3H3,(H,40,48)(H,41,47)(H,42,46)(H,50,51)/t29-,30-,31-,32-,33-/m0/s1. The smallest absolute Gasteiger partial charge is 0.326 e. The minimum atomic E-state index is -1.27. The van der Waals surface area contributed by atoms with Crippen LogP contribution in [0.2, 0.25) is 0 Å². The van der Waals surface area contributed by atoms with Crippen molar-refractivity contribution in [2.24, 2.45) is 5.92 Å². The van der Waals surface area contributed by atoms with E-state index in [9.17, 15) is 39.3 Å². The van der Waals surface area contributed by atoms with Gasteiger partial charge >= 0.3 is 5.97 Å².